The Morgan fingerprint density at radius 2 is 2.44 bits per heavy atom. The number of hydrogen-bond acceptors (Lipinski definition) is 4. The summed E-state index contributed by atoms with van der Waals surface area (Å²) in [5.41, 5.74) is 0. The van der Waals surface area contributed by atoms with Crippen molar-refractivity contribution in [2.24, 2.45) is 5.92 Å². The molecule has 1 aromatic rings. The van der Waals surface area contributed by atoms with Crippen LogP contribution in [0, 0.1) is 5.92 Å². The number of urea groups is 1. The van der Waals surface area contributed by atoms with E-state index in [1.807, 2.05) is 5.38 Å². The fourth-order valence-electron chi connectivity index (χ4n) is 1.97. The topological polar surface area (TPSA) is 82.5 Å². The van der Waals surface area contributed by atoms with E-state index in [9.17, 15) is 9.59 Å². The molecule has 0 bridgehead atoms. The molecular formula is C11H15N3O3S. The molecule has 0 spiro atoms. The van der Waals surface area contributed by atoms with E-state index in [4.69, 9.17) is 5.11 Å². The summed E-state index contributed by atoms with van der Waals surface area (Å²) >= 11 is 1.48. The molecule has 1 unspecified atom stereocenters. The van der Waals surface area contributed by atoms with Gasteiger partial charge in [0, 0.05) is 24.7 Å². The monoisotopic (exact) mass is 269 g/mol. The fourth-order valence-corrected chi connectivity index (χ4v) is 2.52. The van der Waals surface area contributed by atoms with Crippen molar-refractivity contribution in [3.05, 3.63) is 16.6 Å². The van der Waals surface area contributed by atoms with Crippen molar-refractivity contribution in [3.63, 3.8) is 0 Å². The zero-order valence-electron chi connectivity index (χ0n) is 9.83. The van der Waals surface area contributed by atoms with Crippen molar-refractivity contribution in [3.8, 4) is 0 Å². The van der Waals surface area contributed by atoms with E-state index < -0.39 is 11.9 Å². The van der Waals surface area contributed by atoms with Crippen molar-refractivity contribution in [1.82, 2.24) is 15.2 Å². The van der Waals surface area contributed by atoms with Crippen LogP contribution in [0.4, 0.5) is 4.79 Å². The number of aliphatic carboxylic acids is 1. The predicted molar refractivity (Wildman–Crippen MR) is 66.3 cm³/mol. The molecule has 2 rings (SSSR count). The molecule has 0 radical (unpaired) electrons. The van der Waals surface area contributed by atoms with E-state index in [0.29, 0.717) is 26.1 Å². The maximum absolute atomic E-state index is 11.9. The van der Waals surface area contributed by atoms with Gasteiger partial charge in [0.1, 0.15) is 5.01 Å². The highest BCUT2D eigenvalue weighted by atomic mass is 32.1. The van der Waals surface area contributed by atoms with Gasteiger partial charge in [0.05, 0.1) is 12.5 Å². The summed E-state index contributed by atoms with van der Waals surface area (Å²) in [5, 5.41) is 14.4. The van der Waals surface area contributed by atoms with Crippen molar-refractivity contribution in [2.75, 3.05) is 13.1 Å². The number of carboxylic acids is 1. The first-order valence-electron chi connectivity index (χ1n) is 5.81. The van der Waals surface area contributed by atoms with Gasteiger partial charge in [-0.3, -0.25) is 4.79 Å². The number of aromatic nitrogens is 1. The van der Waals surface area contributed by atoms with Gasteiger partial charge >= 0.3 is 12.0 Å². The molecule has 2 heterocycles. The summed E-state index contributed by atoms with van der Waals surface area (Å²) in [5.74, 6) is -1.27. The van der Waals surface area contributed by atoms with E-state index in [-0.39, 0.29) is 6.03 Å². The third-order valence-corrected chi connectivity index (χ3v) is 3.71. The van der Waals surface area contributed by atoms with E-state index in [1.54, 1.807) is 11.1 Å². The lowest BCUT2D eigenvalue weighted by molar-refractivity contribution is -0.143. The molecule has 1 aromatic heterocycles. The highest BCUT2D eigenvalue weighted by molar-refractivity contribution is 7.09. The van der Waals surface area contributed by atoms with Gasteiger partial charge in [-0.15, -0.1) is 11.3 Å². The van der Waals surface area contributed by atoms with E-state index in [2.05, 4.69) is 10.3 Å². The standard InChI is InChI=1S/C11H15N3O3S/c15-10(16)8-2-1-4-14(7-8)11(17)13-6-9-12-3-5-18-9/h3,5,8H,1-2,4,6-7H2,(H,13,17)(H,15,16). The van der Waals surface area contributed by atoms with Crippen LogP contribution in [-0.2, 0) is 11.3 Å². The minimum absolute atomic E-state index is 0.212. The van der Waals surface area contributed by atoms with Gasteiger partial charge in [-0.05, 0) is 12.8 Å². The van der Waals surface area contributed by atoms with Gasteiger partial charge < -0.3 is 15.3 Å². The average Bonchev–Trinajstić information content (AvgIpc) is 2.89. The number of thiazole rings is 1. The van der Waals surface area contributed by atoms with Crippen LogP contribution in [0.3, 0.4) is 0 Å². The Kier molecular flexibility index (Phi) is 4.14. The summed E-state index contributed by atoms with van der Waals surface area (Å²) < 4.78 is 0. The highest BCUT2D eigenvalue weighted by Gasteiger charge is 2.27. The minimum Gasteiger partial charge on any atom is -0.481 e. The number of nitrogens with zero attached hydrogens (tertiary/aromatic N) is 2. The first kappa shape index (κ1) is 12.8. The van der Waals surface area contributed by atoms with Crippen molar-refractivity contribution < 1.29 is 14.7 Å². The maximum Gasteiger partial charge on any atom is 0.317 e. The molecule has 2 N–H and O–H groups in total. The molecule has 0 saturated carbocycles. The molecule has 1 atom stereocenters. The van der Waals surface area contributed by atoms with Gasteiger partial charge in [-0.1, -0.05) is 0 Å². The fraction of sp³-hybridized carbons (Fsp3) is 0.545. The molecule has 1 aliphatic rings. The van der Waals surface area contributed by atoms with Crippen molar-refractivity contribution >= 4 is 23.3 Å². The SMILES string of the molecule is O=C(O)C1CCCN(C(=O)NCc2nccs2)C1. The van der Waals surface area contributed by atoms with Crippen LogP contribution in [-0.4, -0.2) is 40.1 Å². The van der Waals surface area contributed by atoms with Crippen LogP contribution in [0.2, 0.25) is 0 Å². The minimum atomic E-state index is -0.826. The lowest BCUT2D eigenvalue weighted by Gasteiger charge is -2.30. The number of carbonyl (C=O) groups excluding carboxylic acids is 1. The van der Waals surface area contributed by atoms with Crippen LogP contribution in [0.25, 0.3) is 0 Å². The highest BCUT2D eigenvalue weighted by Crippen LogP contribution is 2.16. The molecule has 0 aromatic carbocycles. The zero-order valence-corrected chi connectivity index (χ0v) is 10.7. The smallest absolute Gasteiger partial charge is 0.317 e. The molecule has 1 saturated heterocycles. The number of rotatable bonds is 3. The Morgan fingerprint density at radius 3 is 3.11 bits per heavy atom. The Bertz CT molecular complexity index is 421. The third kappa shape index (κ3) is 3.19. The van der Waals surface area contributed by atoms with E-state index in [0.717, 1.165) is 11.4 Å². The molecule has 0 aliphatic carbocycles. The first-order chi connectivity index (χ1) is 8.66. The number of hydrogen-bond donors (Lipinski definition) is 2. The Morgan fingerprint density at radius 1 is 1.61 bits per heavy atom. The molecule has 18 heavy (non-hydrogen) atoms. The molecule has 1 fully saturated rings. The van der Waals surface area contributed by atoms with Crippen LogP contribution < -0.4 is 5.32 Å². The second-order valence-corrected chi connectivity index (χ2v) is 5.19. The van der Waals surface area contributed by atoms with Crippen LogP contribution in [0.15, 0.2) is 11.6 Å². The first-order valence-corrected chi connectivity index (χ1v) is 6.68. The number of carboxylic acid groups (broad SMARTS) is 1. The van der Waals surface area contributed by atoms with Gasteiger partial charge in [0.25, 0.3) is 0 Å². The second-order valence-electron chi connectivity index (χ2n) is 4.21. The molecular weight excluding hydrogens is 254 g/mol. The van der Waals surface area contributed by atoms with Crippen molar-refractivity contribution in [1.29, 1.82) is 0 Å². The summed E-state index contributed by atoms with van der Waals surface area (Å²) in [4.78, 5) is 28.4. The lowest BCUT2D eigenvalue weighted by Crippen LogP contribution is -2.46. The molecule has 7 heteroatoms. The normalized spacial score (nSPS) is 19.6. The molecule has 2 amide bonds. The zero-order chi connectivity index (χ0) is 13.0. The molecule has 6 nitrogen and oxygen atoms in total. The van der Waals surface area contributed by atoms with Gasteiger partial charge in [0.2, 0.25) is 0 Å². The number of carbonyl (C=O) groups is 2. The average molecular weight is 269 g/mol. The second kappa shape index (κ2) is 5.81. The Hall–Kier alpha value is -1.63. The Balaban J connectivity index is 1.83. The molecule has 98 valence electrons. The van der Waals surface area contributed by atoms with E-state index in [1.165, 1.54) is 11.3 Å². The number of piperidine rings is 1. The lowest BCUT2D eigenvalue weighted by atomic mass is 9.99. The van der Waals surface area contributed by atoms with Gasteiger partial charge in [0.15, 0.2) is 0 Å². The summed E-state index contributed by atoms with van der Waals surface area (Å²) in [6, 6.07) is -0.212. The summed E-state index contributed by atoms with van der Waals surface area (Å²) in [6.07, 6.45) is 3.07. The van der Waals surface area contributed by atoms with Gasteiger partial charge in [-0.2, -0.15) is 0 Å². The Labute approximate surface area is 109 Å². The van der Waals surface area contributed by atoms with E-state index >= 15 is 0 Å². The van der Waals surface area contributed by atoms with Crippen LogP contribution >= 0.6 is 11.3 Å². The maximum atomic E-state index is 11.9. The third-order valence-electron chi connectivity index (χ3n) is 2.93. The van der Waals surface area contributed by atoms with Crippen LogP contribution in [0.1, 0.15) is 17.8 Å². The predicted octanol–water partition coefficient (Wildman–Crippen LogP) is 1.15. The van der Waals surface area contributed by atoms with Gasteiger partial charge in [-0.25, -0.2) is 9.78 Å². The quantitative estimate of drug-likeness (QED) is 0.862. The largest absolute Gasteiger partial charge is 0.481 e. The number of likely N-dealkylation sites (tertiary alicyclic amines) is 1. The molecule has 1 aliphatic heterocycles. The van der Waals surface area contributed by atoms with Crippen molar-refractivity contribution in [2.45, 2.75) is 19.4 Å². The summed E-state index contributed by atoms with van der Waals surface area (Å²) in [7, 11) is 0. The number of nitrogens with one attached hydrogen (secondary N) is 1. The summed E-state index contributed by atoms with van der Waals surface area (Å²) in [6.45, 7) is 1.30. The van der Waals surface area contributed by atoms with Crippen LogP contribution in [0.5, 0.6) is 0 Å². The number of amides is 2.